The minimum absolute atomic E-state index is 0.695. The van der Waals surface area contributed by atoms with Gasteiger partial charge in [0.1, 0.15) is 0 Å². The van der Waals surface area contributed by atoms with Gasteiger partial charge in [-0.2, -0.15) is 0 Å². The second-order valence-electron chi connectivity index (χ2n) is 4.58. The summed E-state index contributed by atoms with van der Waals surface area (Å²) in [7, 11) is 0. The Morgan fingerprint density at radius 3 is 2.87 bits per heavy atom. The van der Waals surface area contributed by atoms with E-state index in [1.54, 1.807) is 0 Å². The van der Waals surface area contributed by atoms with E-state index in [4.69, 9.17) is 4.74 Å². The van der Waals surface area contributed by atoms with Crippen molar-refractivity contribution in [1.82, 2.24) is 10.2 Å². The third-order valence-electron chi connectivity index (χ3n) is 3.05. The van der Waals surface area contributed by atoms with Crippen molar-refractivity contribution in [3.63, 3.8) is 0 Å². The maximum atomic E-state index is 5.31. The van der Waals surface area contributed by atoms with Crippen molar-refractivity contribution in [3.05, 3.63) is 0 Å². The molecule has 1 saturated heterocycles. The molecule has 15 heavy (non-hydrogen) atoms. The number of nitrogens with one attached hydrogen (secondary N) is 1. The summed E-state index contributed by atoms with van der Waals surface area (Å²) in [6.07, 6.45) is 2.43. The molecule has 3 nitrogen and oxygen atoms in total. The predicted octanol–water partition coefficient (Wildman–Crippen LogP) is 1.49. The van der Waals surface area contributed by atoms with Crippen LogP contribution < -0.4 is 5.32 Å². The van der Waals surface area contributed by atoms with Crippen LogP contribution in [0.4, 0.5) is 0 Å². The van der Waals surface area contributed by atoms with Crippen LogP contribution in [0, 0.1) is 0 Å². The number of ether oxygens (including phenoxy) is 1. The molecule has 0 amide bonds. The summed E-state index contributed by atoms with van der Waals surface area (Å²) < 4.78 is 5.31. The van der Waals surface area contributed by atoms with Crippen molar-refractivity contribution in [2.45, 2.75) is 45.7 Å². The van der Waals surface area contributed by atoms with Crippen LogP contribution in [-0.2, 0) is 4.74 Å². The number of rotatable bonds is 7. The van der Waals surface area contributed by atoms with Gasteiger partial charge in [-0.05, 0) is 46.7 Å². The average Bonchev–Trinajstić information content (AvgIpc) is 2.66. The number of nitrogens with zero attached hydrogens (tertiary/aromatic N) is 1. The van der Waals surface area contributed by atoms with Gasteiger partial charge < -0.3 is 10.1 Å². The van der Waals surface area contributed by atoms with Crippen LogP contribution in [0.15, 0.2) is 0 Å². The molecule has 0 aromatic carbocycles. The smallest absolute Gasteiger partial charge is 0.0477 e. The van der Waals surface area contributed by atoms with E-state index >= 15 is 0 Å². The molecule has 90 valence electrons. The van der Waals surface area contributed by atoms with E-state index in [1.807, 2.05) is 6.92 Å². The molecule has 1 heterocycles. The Kier molecular flexibility index (Phi) is 6.22. The van der Waals surface area contributed by atoms with Gasteiger partial charge in [0.25, 0.3) is 0 Å². The highest BCUT2D eigenvalue weighted by atomic mass is 16.5. The summed E-state index contributed by atoms with van der Waals surface area (Å²) in [5.74, 6) is 0. The summed E-state index contributed by atoms with van der Waals surface area (Å²) in [6, 6.07) is 1.40. The molecule has 1 atom stereocenters. The molecule has 0 radical (unpaired) electrons. The van der Waals surface area contributed by atoms with E-state index in [-0.39, 0.29) is 0 Å². The van der Waals surface area contributed by atoms with Crippen molar-refractivity contribution in [2.24, 2.45) is 0 Å². The minimum atomic E-state index is 0.695. The maximum absolute atomic E-state index is 5.31. The molecule has 0 aromatic rings. The summed E-state index contributed by atoms with van der Waals surface area (Å²) in [5.41, 5.74) is 0. The predicted molar refractivity (Wildman–Crippen MR) is 64.2 cm³/mol. The first kappa shape index (κ1) is 12.9. The van der Waals surface area contributed by atoms with E-state index in [0.29, 0.717) is 12.1 Å². The highest BCUT2D eigenvalue weighted by Gasteiger charge is 2.23. The second kappa shape index (κ2) is 7.20. The van der Waals surface area contributed by atoms with E-state index in [9.17, 15) is 0 Å². The molecule has 0 aliphatic carbocycles. The second-order valence-corrected chi connectivity index (χ2v) is 4.58. The molecule has 1 aliphatic rings. The van der Waals surface area contributed by atoms with Gasteiger partial charge in [0, 0.05) is 31.8 Å². The summed E-state index contributed by atoms with van der Waals surface area (Å²) >= 11 is 0. The molecule has 1 aliphatic heterocycles. The first-order valence-corrected chi connectivity index (χ1v) is 6.29. The molecular weight excluding hydrogens is 188 g/mol. The van der Waals surface area contributed by atoms with Gasteiger partial charge >= 0.3 is 0 Å². The molecule has 0 saturated carbocycles. The Hall–Kier alpha value is -0.120. The van der Waals surface area contributed by atoms with Gasteiger partial charge in [-0.1, -0.05) is 0 Å². The Morgan fingerprint density at radius 2 is 2.27 bits per heavy atom. The minimum Gasteiger partial charge on any atom is -0.382 e. The van der Waals surface area contributed by atoms with Crippen LogP contribution >= 0.6 is 0 Å². The standard InChI is InChI=1S/C12H26N2O/c1-4-15-9-5-7-13-12-6-8-14(10-12)11(2)3/h11-13H,4-10H2,1-3H3. The number of hydrogen-bond acceptors (Lipinski definition) is 3. The molecule has 3 heteroatoms. The van der Waals surface area contributed by atoms with Crippen LogP contribution in [-0.4, -0.2) is 49.8 Å². The normalized spacial score (nSPS) is 22.8. The largest absolute Gasteiger partial charge is 0.382 e. The average molecular weight is 214 g/mol. The lowest BCUT2D eigenvalue weighted by Crippen LogP contribution is -2.35. The fourth-order valence-corrected chi connectivity index (χ4v) is 2.05. The quantitative estimate of drug-likeness (QED) is 0.650. The lowest BCUT2D eigenvalue weighted by Gasteiger charge is -2.20. The first-order chi connectivity index (χ1) is 7.24. The van der Waals surface area contributed by atoms with E-state index in [2.05, 4.69) is 24.1 Å². The van der Waals surface area contributed by atoms with Gasteiger partial charge in [0.2, 0.25) is 0 Å². The summed E-state index contributed by atoms with van der Waals surface area (Å²) in [4.78, 5) is 2.54. The van der Waals surface area contributed by atoms with Gasteiger partial charge in [0.15, 0.2) is 0 Å². The van der Waals surface area contributed by atoms with Crippen molar-refractivity contribution < 1.29 is 4.74 Å². The Bertz CT molecular complexity index is 162. The van der Waals surface area contributed by atoms with Crippen molar-refractivity contribution in [3.8, 4) is 0 Å². The van der Waals surface area contributed by atoms with Crippen LogP contribution in [0.5, 0.6) is 0 Å². The van der Waals surface area contributed by atoms with Gasteiger partial charge in [0.05, 0.1) is 0 Å². The van der Waals surface area contributed by atoms with E-state index in [1.165, 1.54) is 19.5 Å². The highest BCUT2D eigenvalue weighted by molar-refractivity contribution is 4.82. The molecule has 1 fully saturated rings. The molecule has 1 unspecified atom stereocenters. The Balaban J connectivity index is 1.99. The number of likely N-dealkylation sites (tertiary alicyclic amines) is 1. The molecule has 1 rings (SSSR count). The molecule has 0 bridgehead atoms. The van der Waals surface area contributed by atoms with Gasteiger partial charge in [-0.15, -0.1) is 0 Å². The van der Waals surface area contributed by atoms with Crippen LogP contribution in [0.3, 0.4) is 0 Å². The Morgan fingerprint density at radius 1 is 1.47 bits per heavy atom. The first-order valence-electron chi connectivity index (χ1n) is 6.29. The highest BCUT2D eigenvalue weighted by Crippen LogP contribution is 2.11. The SMILES string of the molecule is CCOCCCNC1CCN(C(C)C)C1. The molecular formula is C12H26N2O. The molecule has 0 aromatic heterocycles. The molecule has 0 spiro atoms. The zero-order valence-electron chi connectivity index (χ0n) is 10.5. The summed E-state index contributed by atoms with van der Waals surface area (Å²) in [5, 5.41) is 3.60. The van der Waals surface area contributed by atoms with Crippen LogP contribution in [0.1, 0.15) is 33.6 Å². The van der Waals surface area contributed by atoms with E-state index in [0.717, 1.165) is 26.2 Å². The zero-order chi connectivity index (χ0) is 11.1. The maximum Gasteiger partial charge on any atom is 0.0477 e. The fourth-order valence-electron chi connectivity index (χ4n) is 2.05. The van der Waals surface area contributed by atoms with Crippen molar-refractivity contribution in [1.29, 1.82) is 0 Å². The fraction of sp³-hybridized carbons (Fsp3) is 1.00. The topological polar surface area (TPSA) is 24.5 Å². The van der Waals surface area contributed by atoms with E-state index < -0.39 is 0 Å². The monoisotopic (exact) mass is 214 g/mol. The number of hydrogen-bond donors (Lipinski definition) is 1. The van der Waals surface area contributed by atoms with Crippen molar-refractivity contribution >= 4 is 0 Å². The Labute approximate surface area is 94.2 Å². The van der Waals surface area contributed by atoms with Crippen molar-refractivity contribution in [2.75, 3.05) is 32.8 Å². The molecule has 1 N–H and O–H groups in total. The lowest BCUT2D eigenvalue weighted by atomic mass is 10.2. The third kappa shape index (κ3) is 4.96. The zero-order valence-corrected chi connectivity index (χ0v) is 10.5. The third-order valence-corrected chi connectivity index (χ3v) is 3.05. The van der Waals surface area contributed by atoms with Gasteiger partial charge in [-0.3, -0.25) is 4.90 Å². The van der Waals surface area contributed by atoms with Crippen LogP contribution in [0.25, 0.3) is 0 Å². The van der Waals surface area contributed by atoms with Crippen LogP contribution in [0.2, 0.25) is 0 Å². The summed E-state index contributed by atoms with van der Waals surface area (Å²) in [6.45, 7) is 11.9. The van der Waals surface area contributed by atoms with Gasteiger partial charge in [-0.25, -0.2) is 0 Å². The lowest BCUT2D eigenvalue weighted by molar-refractivity contribution is 0.144.